The largest absolute Gasteiger partial charge is 0.414 e. The maximum Gasteiger partial charge on any atom is 0.414 e. The molecule has 2 heterocycles. The van der Waals surface area contributed by atoms with Crippen molar-refractivity contribution in [2.75, 3.05) is 13.1 Å². The Morgan fingerprint density at radius 1 is 1.23 bits per heavy atom. The molecular formula is C15H19F3N2O2. The summed E-state index contributed by atoms with van der Waals surface area (Å²) >= 11 is 0. The van der Waals surface area contributed by atoms with Gasteiger partial charge in [0, 0.05) is 25.3 Å². The minimum atomic E-state index is -4.59. The van der Waals surface area contributed by atoms with E-state index in [9.17, 15) is 23.1 Å². The fourth-order valence-corrected chi connectivity index (χ4v) is 3.09. The quantitative estimate of drug-likeness (QED) is 0.931. The number of piperidine rings is 1. The van der Waals surface area contributed by atoms with Gasteiger partial charge in [-0.25, -0.2) is 0 Å². The van der Waals surface area contributed by atoms with Crippen LogP contribution in [0.1, 0.15) is 42.2 Å². The van der Waals surface area contributed by atoms with Crippen LogP contribution in [0, 0.1) is 5.92 Å². The van der Waals surface area contributed by atoms with Gasteiger partial charge in [0.2, 0.25) is 0 Å². The lowest BCUT2D eigenvalue weighted by atomic mass is 9.91. The lowest BCUT2D eigenvalue weighted by molar-refractivity contribution is -0.222. The zero-order valence-corrected chi connectivity index (χ0v) is 12.1. The van der Waals surface area contributed by atoms with E-state index in [0.717, 1.165) is 12.8 Å². The van der Waals surface area contributed by atoms with E-state index in [1.54, 1.807) is 11.0 Å². The van der Waals surface area contributed by atoms with Crippen LogP contribution in [0.4, 0.5) is 13.2 Å². The normalized spacial score (nSPS) is 21.9. The fraction of sp³-hybridized carbons (Fsp3) is 0.667. The maximum atomic E-state index is 12.5. The van der Waals surface area contributed by atoms with E-state index in [0.29, 0.717) is 11.7 Å². The van der Waals surface area contributed by atoms with Crippen molar-refractivity contribution in [1.82, 2.24) is 9.47 Å². The van der Waals surface area contributed by atoms with Crippen LogP contribution >= 0.6 is 0 Å². The molecule has 1 aromatic heterocycles. The Morgan fingerprint density at radius 2 is 1.86 bits per heavy atom. The van der Waals surface area contributed by atoms with Crippen molar-refractivity contribution < 1.29 is 23.1 Å². The standard InChI is InChI=1S/C15H19F3N2O2/c16-15(17,18)13(21)10-5-8-19(9-6-10)14(22)12-2-1-7-20(12)11-3-4-11/h1-2,7,10-11,13,21H,3-6,8-9H2. The van der Waals surface area contributed by atoms with Crippen LogP contribution in [0.25, 0.3) is 0 Å². The number of halogens is 3. The Balaban J connectivity index is 1.61. The summed E-state index contributed by atoms with van der Waals surface area (Å²) in [5.41, 5.74) is 0.609. The molecule has 0 aromatic carbocycles. The highest BCUT2D eigenvalue weighted by Gasteiger charge is 2.44. The number of likely N-dealkylation sites (tertiary alicyclic amines) is 1. The van der Waals surface area contributed by atoms with Gasteiger partial charge in [0.15, 0.2) is 6.10 Å². The first kappa shape index (κ1) is 15.4. The number of carbonyl (C=O) groups is 1. The van der Waals surface area contributed by atoms with Gasteiger partial charge in [-0.05, 0) is 43.7 Å². The lowest BCUT2D eigenvalue weighted by Crippen LogP contribution is -2.45. The molecule has 1 saturated heterocycles. The minimum Gasteiger partial charge on any atom is -0.383 e. The summed E-state index contributed by atoms with van der Waals surface area (Å²) in [6.07, 6.45) is -2.51. The first-order valence-electron chi connectivity index (χ1n) is 7.59. The number of rotatable bonds is 3. The summed E-state index contributed by atoms with van der Waals surface area (Å²) in [7, 11) is 0. The van der Waals surface area contributed by atoms with Crippen LogP contribution in [-0.4, -0.2) is 45.9 Å². The number of carbonyl (C=O) groups excluding carboxylic acids is 1. The number of aliphatic hydroxyl groups excluding tert-OH is 1. The van der Waals surface area contributed by atoms with Crippen LogP contribution in [0.3, 0.4) is 0 Å². The highest BCUT2D eigenvalue weighted by atomic mass is 19.4. The zero-order valence-electron chi connectivity index (χ0n) is 12.1. The number of hydrogen-bond donors (Lipinski definition) is 1. The predicted molar refractivity (Wildman–Crippen MR) is 73.4 cm³/mol. The van der Waals surface area contributed by atoms with E-state index in [2.05, 4.69) is 0 Å². The van der Waals surface area contributed by atoms with Gasteiger partial charge >= 0.3 is 6.18 Å². The molecule has 1 amide bonds. The van der Waals surface area contributed by atoms with Gasteiger partial charge in [-0.15, -0.1) is 0 Å². The molecule has 0 spiro atoms. The molecule has 4 nitrogen and oxygen atoms in total. The average molecular weight is 316 g/mol. The first-order valence-corrected chi connectivity index (χ1v) is 7.59. The summed E-state index contributed by atoms with van der Waals surface area (Å²) in [6.45, 7) is 0.513. The van der Waals surface area contributed by atoms with Crippen LogP contribution < -0.4 is 0 Å². The Hall–Kier alpha value is -1.50. The van der Waals surface area contributed by atoms with Gasteiger partial charge in [-0.2, -0.15) is 13.2 Å². The second-order valence-electron chi connectivity index (χ2n) is 6.15. The van der Waals surface area contributed by atoms with Gasteiger partial charge < -0.3 is 14.6 Å². The topological polar surface area (TPSA) is 45.5 Å². The molecule has 7 heteroatoms. The van der Waals surface area contributed by atoms with E-state index >= 15 is 0 Å². The van der Waals surface area contributed by atoms with Crippen molar-refractivity contribution in [3.63, 3.8) is 0 Å². The molecule has 1 saturated carbocycles. The fourth-order valence-electron chi connectivity index (χ4n) is 3.09. The van der Waals surface area contributed by atoms with Crippen molar-refractivity contribution in [3.8, 4) is 0 Å². The molecule has 22 heavy (non-hydrogen) atoms. The summed E-state index contributed by atoms with van der Waals surface area (Å²) in [6, 6.07) is 3.97. The second kappa shape index (κ2) is 5.61. The van der Waals surface area contributed by atoms with Gasteiger partial charge in [-0.1, -0.05) is 0 Å². The first-order chi connectivity index (χ1) is 10.4. The monoisotopic (exact) mass is 316 g/mol. The molecule has 1 aliphatic carbocycles. The number of alkyl halides is 3. The van der Waals surface area contributed by atoms with Gasteiger partial charge in [0.1, 0.15) is 5.69 Å². The molecule has 0 bridgehead atoms. The minimum absolute atomic E-state index is 0.128. The van der Waals surface area contributed by atoms with Gasteiger partial charge in [0.25, 0.3) is 5.91 Å². The molecule has 1 N–H and O–H groups in total. The third-order valence-electron chi connectivity index (χ3n) is 4.55. The highest BCUT2D eigenvalue weighted by molar-refractivity contribution is 5.93. The molecule has 1 aliphatic heterocycles. The van der Waals surface area contributed by atoms with E-state index in [1.807, 2.05) is 16.8 Å². The summed E-state index contributed by atoms with van der Waals surface area (Å²) in [4.78, 5) is 14.1. The number of aromatic nitrogens is 1. The highest BCUT2D eigenvalue weighted by Crippen LogP contribution is 2.37. The van der Waals surface area contributed by atoms with E-state index < -0.39 is 18.2 Å². The molecule has 1 unspecified atom stereocenters. The number of aliphatic hydroxyl groups is 1. The zero-order chi connectivity index (χ0) is 15.9. The number of nitrogens with zero attached hydrogens (tertiary/aromatic N) is 2. The average Bonchev–Trinajstić information content (AvgIpc) is 3.22. The Labute approximate surface area is 126 Å². The van der Waals surface area contributed by atoms with E-state index in [1.165, 1.54) is 0 Å². The third-order valence-corrected chi connectivity index (χ3v) is 4.55. The van der Waals surface area contributed by atoms with Crippen LogP contribution in [0.5, 0.6) is 0 Å². The summed E-state index contributed by atoms with van der Waals surface area (Å²) in [5, 5.41) is 9.31. The van der Waals surface area contributed by atoms with Gasteiger partial charge in [-0.3, -0.25) is 4.79 Å². The van der Waals surface area contributed by atoms with Crippen molar-refractivity contribution in [1.29, 1.82) is 0 Å². The van der Waals surface area contributed by atoms with Crippen LogP contribution in [-0.2, 0) is 0 Å². The van der Waals surface area contributed by atoms with Crippen LogP contribution in [0.2, 0.25) is 0 Å². The Morgan fingerprint density at radius 3 is 2.41 bits per heavy atom. The van der Waals surface area contributed by atoms with Crippen molar-refractivity contribution in [3.05, 3.63) is 24.0 Å². The van der Waals surface area contributed by atoms with Crippen molar-refractivity contribution >= 4 is 5.91 Å². The third kappa shape index (κ3) is 2.99. The molecule has 2 fully saturated rings. The Kier molecular flexibility index (Phi) is 3.92. The summed E-state index contributed by atoms with van der Waals surface area (Å²) in [5.74, 6) is -0.948. The van der Waals surface area contributed by atoms with E-state index in [-0.39, 0.29) is 31.8 Å². The molecule has 1 atom stereocenters. The SMILES string of the molecule is O=C(c1cccn1C1CC1)N1CCC(C(O)C(F)(F)F)CC1. The number of hydrogen-bond acceptors (Lipinski definition) is 2. The second-order valence-corrected chi connectivity index (χ2v) is 6.15. The van der Waals surface area contributed by atoms with Crippen molar-refractivity contribution in [2.24, 2.45) is 5.92 Å². The van der Waals surface area contributed by atoms with E-state index in [4.69, 9.17) is 0 Å². The number of amides is 1. The lowest BCUT2D eigenvalue weighted by Gasteiger charge is -2.34. The van der Waals surface area contributed by atoms with Crippen LogP contribution in [0.15, 0.2) is 18.3 Å². The van der Waals surface area contributed by atoms with Crippen molar-refractivity contribution in [2.45, 2.75) is 44.0 Å². The van der Waals surface area contributed by atoms with Gasteiger partial charge in [0.05, 0.1) is 0 Å². The molecule has 2 aliphatic rings. The molecule has 122 valence electrons. The Bertz CT molecular complexity index is 543. The summed E-state index contributed by atoms with van der Waals surface area (Å²) < 4.78 is 39.5. The predicted octanol–water partition coefficient (Wildman–Crippen LogP) is 2.60. The molecule has 3 rings (SSSR count). The smallest absolute Gasteiger partial charge is 0.383 e. The molecule has 0 radical (unpaired) electrons. The molecular weight excluding hydrogens is 297 g/mol. The molecule has 1 aromatic rings. The maximum absolute atomic E-state index is 12.5.